The first-order chi connectivity index (χ1) is 13.5. The Morgan fingerprint density at radius 1 is 1.07 bits per heavy atom. The van der Waals surface area contributed by atoms with E-state index in [1.807, 2.05) is 11.8 Å². The quantitative estimate of drug-likeness (QED) is 0.649. The largest absolute Gasteiger partial charge is 0.459 e. The molecule has 148 valence electrons. The molecular weight excluding hydrogens is 378 g/mol. The van der Waals surface area contributed by atoms with Crippen LogP contribution in [0.4, 0.5) is 5.88 Å². The number of hydrogen-bond donors (Lipinski definition) is 0. The van der Waals surface area contributed by atoms with Gasteiger partial charge in [-0.1, -0.05) is 24.6 Å². The number of benzene rings is 1. The monoisotopic (exact) mass is 401 g/mol. The fourth-order valence-corrected chi connectivity index (χ4v) is 4.60. The number of rotatable bonds is 5. The highest BCUT2D eigenvalue weighted by Crippen LogP contribution is 2.35. The van der Waals surface area contributed by atoms with Crippen LogP contribution in [0.1, 0.15) is 12.5 Å². The van der Waals surface area contributed by atoms with E-state index < -0.39 is 9.84 Å². The molecule has 0 atom stereocenters. The number of oxazole rings is 1. The van der Waals surface area contributed by atoms with Gasteiger partial charge >= 0.3 is 0 Å². The molecule has 1 aliphatic rings. The molecule has 0 unspecified atom stereocenters. The highest BCUT2D eigenvalue weighted by molar-refractivity contribution is 7.91. The Balaban J connectivity index is 1.78. The highest BCUT2D eigenvalue weighted by atomic mass is 32.2. The average Bonchev–Trinajstić information content (AvgIpc) is 3.38. The lowest BCUT2D eigenvalue weighted by Gasteiger charge is -2.33. The number of aryl methyl sites for hydroxylation is 1. The normalized spacial score (nSPS) is 15.9. The molecule has 0 saturated carbocycles. The fraction of sp³-hybridized carbons (Fsp3) is 0.350. The molecule has 1 aromatic carbocycles. The Kier molecular flexibility index (Phi) is 4.99. The van der Waals surface area contributed by atoms with Crippen LogP contribution < -0.4 is 4.90 Å². The first-order valence-electron chi connectivity index (χ1n) is 9.33. The number of piperazine rings is 1. The molecule has 0 spiro atoms. The Morgan fingerprint density at radius 2 is 1.79 bits per heavy atom. The van der Waals surface area contributed by atoms with Gasteiger partial charge in [0.05, 0.1) is 11.2 Å². The van der Waals surface area contributed by atoms with Gasteiger partial charge in [-0.2, -0.15) is 4.98 Å². The molecule has 7 nitrogen and oxygen atoms in total. The zero-order valence-corrected chi connectivity index (χ0v) is 16.8. The van der Waals surface area contributed by atoms with Crippen LogP contribution in [0.25, 0.3) is 11.7 Å². The van der Waals surface area contributed by atoms with E-state index in [1.165, 1.54) is 6.26 Å². The number of furan rings is 1. The predicted molar refractivity (Wildman–Crippen MR) is 105 cm³/mol. The lowest BCUT2D eigenvalue weighted by atomic mass is 10.2. The topological polar surface area (TPSA) is 79.8 Å². The van der Waals surface area contributed by atoms with Gasteiger partial charge in [-0.05, 0) is 37.7 Å². The summed E-state index contributed by atoms with van der Waals surface area (Å²) in [6, 6.07) is 10.2. The van der Waals surface area contributed by atoms with Crippen molar-refractivity contribution < 1.29 is 17.3 Å². The minimum atomic E-state index is -3.83. The third-order valence-corrected chi connectivity index (χ3v) is 6.67. The van der Waals surface area contributed by atoms with Crippen LogP contribution in [0, 0.1) is 6.92 Å². The summed E-state index contributed by atoms with van der Waals surface area (Å²) in [6.07, 6.45) is 1.51. The summed E-state index contributed by atoms with van der Waals surface area (Å²) in [5.41, 5.74) is 0.992. The van der Waals surface area contributed by atoms with E-state index in [4.69, 9.17) is 8.83 Å². The predicted octanol–water partition coefficient (Wildman–Crippen LogP) is 3.22. The highest BCUT2D eigenvalue weighted by Gasteiger charge is 2.33. The van der Waals surface area contributed by atoms with Crippen LogP contribution in [0.3, 0.4) is 0 Å². The molecule has 1 saturated heterocycles. The molecule has 2 aromatic heterocycles. The number of nitrogens with zero attached hydrogens (tertiary/aromatic N) is 3. The van der Waals surface area contributed by atoms with E-state index in [1.54, 1.807) is 36.4 Å². The average molecular weight is 401 g/mol. The maximum absolute atomic E-state index is 13.3. The SMILES string of the molecule is CCN1CCN(c2oc(-c3ccco3)nc2S(=O)(=O)c2ccc(C)cc2)CC1. The molecule has 28 heavy (non-hydrogen) atoms. The van der Waals surface area contributed by atoms with E-state index in [0.29, 0.717) is 18.8 Å². The van der Waals surface area contributed by atoms with Gasteiger partial charge < -0.3 is 18.6 Å². The zero-order valence-electron chi connectivity index (χ0n) is 16.0. The molecule has 1 aliphatic heterocycles. The summed E-state index contributed by atoms with van der Waals surface area (Å²) in [5.74, 6) is 0.852. The van der Waals surface area contributed by atoms with Crippen molar-refractivity contribution in [2.45, 2.75) is 23.8 Å². The second kappa shape index (κ2) is 7.44. The Labute approximate surface area is 164 Å². The standard InChI is InChI=1S/C20H23N3O4S/c1-3-22-10-12-23(13-11-22)20-19(21-18(27-20)17-5-4-14-26-17)28(24,25)16-8-6-15(2)7-9-16/h4-9,14H,3,10-13H2,1-2H3. The molecule has 8 heteroatoms. The summed E-state index contributed by atoms with van der Waals surface area (Å²) >= 11 is 0. The molecule has 1 fully saturated rings. The van der Waals surface area contributed by atoms with E-state index in [2.05, 4.69) is 16.8 Å². The van der Waals surface area contributed by atoms with Crippen LogP contribution in [0.15, 0.2) is 61.4 Å². The van der Waals surface area contributed by atoms with Crippen molar-refractivity contribution in [2.24, 2.45) is 0 Å². The van der Waals surface area contributed by atoms with Crippen molar-refractivity contribution >= 4 is 15.7 Å². The van der Waals surface area contributed by atoms with Crippen molar-refractivity contribution in [1.29, 1.82) is 0 Å². The van der Waals surface area contributed by atoms with Gasteiger partial charge in [-0.3, -0.25) is 0 Å². The Morgan fingerprint density at radius 3 is 2.39 bits per heavy atom. The third kappa shape index (κ3) is 3.45. The van der Waals surface area contributed by atoms with E-state index in [-0.39, 0.29) is 21.7 Å². The molecule has 0 radical (unpaired) electrons. The van der Waals surface area contributed by atoms with E-state index in [0.717, 1.165) is 25.2 Å². The fourth-order valence-electron chi connectivity index (χ4n) is 3.27. The third-order valence-electron chi connectivity index (χ3n) is 5.00. The van der Waals surface area contributed by atoms with Gasteiger partial charge in [0.25, 0.3) is 5.89 Å². The second-order valence-corrected chi connectivity index (χ2v) is 8.71. The summed E-state index contributed by atoms with van der Waals surface area (Å²) < 4.78 is 37.9. The Bertz CT molecular complexity index is 1030. The van der Waals surface area contributed by atoms with Gasteiger partial charge in [-0.25, -0.2) is 8.42 Å². The van der Waals surface area contributed by atoms with Crippen molar-refractivity contribution in [2.75, 3.05) is 37.6 Å². The Hall–Kier alpha value is -2.58. The number of anilines is 1. The van der Waals surface area contributed by atoms with E-state index >= 15 is 0 Å². The molecule has 0 N–H and O–H groups in total. The van der Waals surface area contributed by atoms with Crippen LogP contribution in [0.5, 0.6) is 0 Å². The number of hydrogen-bond acceptors (Lipinski definition) is 7. The molecular formula is C20H23N3O4S. The minimum absolute atomic E-state index is 0.0623. The van der Waals surface area contributed by atoms with Crippen molar-refractivity contribution in [1.82, 2.24) is 9.88 Å². The summed E-state index contributed by atoms with van der Waals surface area (Å²) in [7, 11) is -3.83. The molecule has 0 aliphatic carbocycles. The van der Waals surface area contributed by atoms with Gasteiger partial charge in [0, 0.05) is 26.2 Å². The van der Waals surface area contributed by atoms with Crippen LogP contribution >= 0.6 is 0 Å². The molecule has 4 rings (SSSR count). The van der Waals surface area contributed by atoms with Gasteiger partial charge in [-0.15, -0.1) is 0 Å². The first-order valence-corrected chi connectivity index (χ1v) is 10.8. The summed E-state index contributed by atoms with van der Waals surface area (Å²) in [5, 5.41) is -0.0623. The number of sulfone groups is 1. The van der Waals surface area contributed by atoms with Gasteiger partial charge in [0.15, 0.2) is 5.76 Å². The van der Waals surface area contributed by atoms with E-state index in [9.17, 15) is 8.42 Å². The molecule has 0 bridgehead atoms. The van der Waals surface area contributed by atoms with Gasteiger partial charge in [0.1, 0.15) is 0 Å². The number of aromatic nitrogens is 1. The maximum Gasteiger partial charge on any atom is 0.266 e. The zero-order chi connectivity index (χ0) is 19.7. The number of likely N-dealkylation sites (N-methyl/N-ethyl adjacent to an activating group) is 1. The second-order valence-electron chi connectivity index (χ2n) is 6.84. The molecule has 0 amide bonds. The van der Waals surface area contributed by atoms with Crippen LogP contribution in [-0.2, 0) is 9.84 Å². The summed E-state index contributed by atoms with van der Waals surface area (Å²) in [4.78, 5) is 8.80. The minimum Gasteiger partial charge on any atom is -0.459 e. The lowest BCUT2D eigenvalue weighted by Crippen LogP contribution is -2.46. The summed E-state index contributed by atoms with van der Waals surface area (Å²) in [6.45, 7) is 8.05. The van der Waals surface area contributed by atoms with Crippen molar-refractivity contribution in [3.8, 4) is 11.7 Å². The van der Waals surface area contributed by atoms with Crippen molar-refractivity contribution in [3.63, 3.8) is 0 Å². The van der Waals surface area contributed by atoms with Crippen LogP contribution in [-0.4, -0.2) is 51.0 Å². The smallest absolute Gasteiger partial charge is 0.266 e. The molecule has 3 aromatic rings. The lowest BCUT2D eigenvalue weighted by molar-refractivity contribution is 0.266. The maximum atomic E-state index is 13.3. The molecule has 3 heterocycles. The van der Waals surface area contributed by atoms with Crippen molar-refractivity contribution in [3.05, 3.63) is 48.2 Å². The van der Waals surface area contributed by atoms with Crippen LogP contribution in [0.2, 0.25) is 0 Å². The first kappa shape index (κ1) is 18.8. The van der Waals surface area contributed by atoms with Gasteiger partial charge in [0.2, 0.25) is 20.7 Å².